The molecule has 2 fully saturated rings. The van der Waals surface area contributed by atoms with Gasteiger partial charge in [-0.1, -0.05) is 37.2 Å². The molecule has 3 N–H and O–H groups in total. The van der Waals surface area contributed by atoms with E-state index in [0.29, 0.717) is 50.0 Å². The predicted octanol–water partition coefficient (Wildman–Crippen LogP) is 3.22. The van der Waals surface area contributed by atoms with Crippen molar-refractivity contribution in [1.29, 1.82) is 0 Å². The molecule has 2 aromatic heterocycles. The lowest BCUT2D eigenvalue weighted by atomic mass is 9.79. The van der Waals surface area contributed by atoms with Crippen LogP contribution in [0.5, 0.6) is 0 Å². The zero-order valence-corrected chi connectivity index (χ0v) is 27.6. The molecular formula is C32H41FN8O5S. The minimum absolute atomic E-state index is 0.0520. The number of nitrogens with one attached hydrogen (secondary N) is 3. The number of carbonyl (C=O) groups excluding carboxylic acids is 4. The van der Waals surface area contributed by atoms with Crippen LogP contribution in [0.15, 0.2) is 36.7 Å². The molecule has 1 aliphatic carbocycles. The molecular weight excluding hydrogens is 627 g/mol. The molecule has 3 aromatic rings. The summed E-state index contributed by atoms with van der Waals surface area (Å²) in [6, 6.07) is 4.05. The number of morpholine rings is 1. The number of benzene rings is 1. The molecule has 1 saturated heterocycles. The van der Waals surface area contributed by atoms with Gasteiger partial charge in [-0.05, 0) is 66.9 Å². The average molecular weight is 669 g/mol. The van der Waals surface area contributed by atoms with Gasteiger partial charge in [0, 0.05) is 31.7 Å². The Morgan fingerprint density at radius 3 is 2.47 bits per heavy atom. The highest BCUT2D eigenvalue weighted by molar-refractivity contribution is 7.07. The number of hydrogen-bond donors (Lipinski definition) is 3. The summed E-state index contributed by atoms with van der Waals surface area (Å²) in [5.74, 6) is -2.66. The first-order chi connectivity index (χ1) is 22.7. The molecule has 1 aliphatic heterocycles. The van der Waals surface area contributed by atoms with Crippen molar-refractivity contribution >= 4 is 40.8 Å². The maximum Gasteiger partial charge on any atom is 0.270 e. The Balaban J connectivity index is 1.34. The van der Waals surface area contributed by atoms with Gasteiger partial charge in [0.25, 0.3) is 11.8 Å². The van der Waals surface area contributed by atoms with E-state index < -0.39 is 41.5 Å². The van der Waals surface area contributed by atoms with E-state index in [9.17, 15) is 19.2 Å². The van der Waals surface area contributed by atoms with E-state index in [4.69, 9.17) is 4.74 Å². The maximum atomic E-state index is 15.7. The number of anilines is 1. The van der Waals surface area contributed by atoms with Crippen LogP contribution in [0.4, 0.5) is 10.1 Å². The normalized spacial score (nSPS) is 20.1. The summed E-state index contributed by atoms with van der Waals surface area (Å²) in [4.78, 5) is 55.4. The average Bonchev–Trinajstić information content (AvgIpc) is 3.80. The number of nitrogens with zero attached hydrogens (tertiary/aromatic N) is 5. The lowest BCUT2D eigenvalue weighted by Gasteiger charge is -2.33. The molecule has 1 saturated carbocycles. The van der Waals surface area contributed by atoms with E-state index in [2.05, 4.69) is 37.6 Å². The van der Waals surface area contributed by atoms with Crippen LogP contribution in [0.2, 0.25) is 0 Å². The molecule has 4 amide bonds. The first kappa shape index (κ1) is 34.1. The van der Waals surface area contributed by atoms with Crippen LogP contribution in [-0.4, -0.2) is 86.3 Å². The second-order valence-corrected chi connectivity index (χ2v) is 13.0. The topological polar surface area (TPSA) is 160 Å². The number of hydrogen-bond acceptors (Lipinski definition) is 9. The number of ether oxygens (including phenoxy) is 1. The van der Waals surface area contributed by atoms with Gasteiger partial charge in [0.2, 0.25) is 11.8 Å². The standard InChI is InChI=1S/C32H41FN8O5S/c1-4-41-25(11-12-35-41)29(42)38-28(21-7-5-19(2)6-8-21)31(44)36-24-10-9-22(17-23(24)33)20(3)27(32(45)40-13-15-46-16-14-40)37-30(43)26-18-34-39-47-26/h9-12,17-21,27-28H,4-8,13-16H2,1-3H3,(H,36,44)(H,37,43)(H,38,42)/t19?,20-,21?,27+,28-/m0/s1. The van der Waals surface area contributed by atoms with Gasteiger partial charge in [-0.25, -0.2) is 4.39 Å². The zero-order chi connectivity index (χ0) is 33.5. The van der Waals surface area contributed by atoms with Crippen molar-refractivity contribution in [2.45, 2.75) is 71.0 Å². The Labute approximate surface area is 276 Å². The molecule has 15 heteroatoms. The van der Waals surface area contributed by atoms with Crippen molar-refractivity contribution in [3.63, 3.8) is 0 Å². The largest absolute Gasteiger partial charge is 0.378 e. The van der Waals surface area contributed by atoms with Gasteiger partial charge in [-0.3, -0.25) is 23.9 Å². The monoisotopic (exact) mass is 668 g/mol. The second kappa shape index (κ2) is 15.6. The summed E-state index contributed by atoms with van der Waals surface area (Å²) in [6.07, 6.45) is 6.23. The molecule has 3 heterocycles. The summed E-state index contributed by atoms with van der Waals surface area (Å²) in [5.41, 5.74) is 0.747. The molecule has 1 aromatic carbocycles. The molecule has 0 radical (unpaired) electrons. The van der Waals surface area contributed by atoms with Gasteiger partial charge in [0.05, 0.1) is 25.1 Å². The van der Waals surface area contributed by atoms with Gasteiger partial charge >= 0.3 is 0 Å². The third-order valence-corrected chi connectivity index (χ3v) is 9.75. The number of carbonyl (C=O) groups is 4. The van der Waals surface area contributed by atoms with Crippen molar-refractivity contribution in [2.24, 2.45) is 11.8 Å². The van der Waals surface area contributed by atoms with Crippen molar-refractivity contribution < 1.29 is 28.3 Å². The third-order valence-electron chi connectivity index (χ3n) is 9.09. The van der Waals surface area contributed by atoms with Crippen molar-refractivity contribution in [2.75, 3.05) is 31.6 Å². The van der Waals surface area contributed by atoms with Gasteiger partial charge in [0.15, 0.2) is 0 Å². The fourth-order valence-corrected chi connectivity index (χ4v) is 6.61. The molecule has 0 bridgehead atoms. The summed E-state index contributed by atoms with van der Waals surface area (Å²) < 4.78 is 26.3. The van der Waals surface area contributed by atoms with Crippen LogP contribution in [0.25, 0.3) is 0 Å². The Hall–Kier alpha value is -4.24. The number of amides is 4. The van der Waals surface area contributed by atoms with Crippen molar-refractivity contribution in [3.05, 3.63) is 58.6 Å². The van der Waals surface area contributed by atoms with E-state index in [-0.39, 0.29) is 22.4 Å². The van der Waals surface area contributed by atoms with Crippen LogP contribution in [0, 0.1) is 17.7 Å². The summed E-state index contributed by atoms with van der Waals surface area (Å²) in [6.45, 7) is 7.78. The predicted molar refractivity (Wildman–Crippen MR) is 172 cm³/mol. The summed E-state index contributed by atoms with van der Waals surface area (Å²) in [7, 11) is 0. The quantitative estimate of drug-likeness (QED) is 0.281. The third kappa shape index (κ3) is 8.19. The second-order valence-electron chi connectivity index (χ2n) is 12.2. The number of halogens is 1. The van der Waals surface area contributed by atoms with E-state index >= 15 is 4.39 Å². The highest BCUT2D eigenvalue weighted by Gasteiger charge is 2.35. The van der Waals surface area contributed by atoms with E-state index in [1.165, 1.54) is 24.5 Å². The fraction of sp³-hybridized carbons (Fsp3) is 0.531. The summed E-state index contributed by atoms with van der Waals surface area (Å²) >= 11 is 0.906. The SMILES string of the molecule is CCn1nccc1C(=O)N[C@H](C(=O)Nc1ccc([C@H](C)[C@@H](NC(=O)c2cnns2)C(=O)N2CCOCC2)cc1F)C1CCC(C)CC1. The molecule has 0 unspecified atom stereocenters. The number of aryl methyl sites for hydroxylation is 1. The Kier molecular flexibility index (Phi) is 11.3. The molecule has 0 spiro atoms. The van der Waals surface area contributed by atoms with Crippen LogP contribution >= 0.6 is 11.5 Å². The maximum absolute atomic E-state index is 15.7. The molecule has 3 atom stereocenters. The van der Waals surface area contributed by atoms with E-state index in [1.54, 1.807) is 28.6 Å². The molecule has 13 nitrogen and oxygen atoms in total. The van der Waals surface area contributed by atoms with Gasteiger partial charge in [-0.15, -0.1) is 5.10 Å². The smallest absolute Gasteiger partial charge is 0.270 e. The molecule has 5 rings (SSSR count). The van der Waals surface area contributed by atoms with Crippen LogP contribution in [0.3, 0.4) is 0 Å². The van der Waals surface area contributed by atoms with Crippen molar-refractivity contribution in [1.82, 2.24) is 34.9 Å². The summed E-state index contributed by atoms with van der Waals surface area (Å²) in [5, 5.41) is 16.3. The lowest BCUT2D eigenvalue weighted by molar-refractivity contribution is -0.137. The highest BCUT2D eigenvalue weighted by Crippen LogP contribution is 2.32. The van der Waals surface area contributed by atoms with Gasteiger partial charge in [-0.2, -0.15) is 5.10 Å². The van der Waals surface area contributed by atoms with E-state index in [1.807, 2.05) is 6.92 Å². The molecule has 47 heavy (non-hydrogen) atoms. The zero-order valence-electron chi connectivity index (χ0n) is 26.8. The highest BCUT2D eigenvalue weighted by atomic mass is 32.1. The molecule has 252 valence electrons. The molecule has 2 aliphatic rings. The van der Waals surface area contributed by atoms with Gasteiger partial charge < -0.3 is 25.6 Å². The van der Waals surface area contributed by atoms with Crippen LogP contribution in [0.1, 0.15) is 78.1 Å². The number of aromatic nitrogens is 4. The number of rotatable bonds is 11. The Bertz CT molecular complexity index is 1550. The first-order valence-corrected chi connectivity index (χ1v) is 16.8. The fourth-order valence-electron chi connectivity index (χ4n) is 6.19. The Morgan fingerprint density at radius 2 is 1.81 bits per heavy atom. The lowest BCUT2D eigenvalue weighted by Crippen LogP contribution is -2.53. The minimum atomic E-state index is -1.01. The van der Waals surface area contributed by atoms with Crippen molar-refractivity contribution in [3.8, 4) is 0 Å². The Morgan fingerprint density at radius 1 is 1.06 bits per heavy atom. The van der Waals surface area contributed by atoms with Crippen LogP contribution < -0.4 is 16.0 Å². The first-order valence-electron chi connectivity index (χ1n) is 16.0. The van der Waals surface area contributed by atoms with Gasteiger partial charge in [0.1, 0.15) is 28.5 Å². The van der Waals surface area contributed by atoms with Crippen LogP contribution in [-0.2, 0) is 20.9 Å². The minimum Gasteiger partial charge on any atom is -0.378 e. The van der Waals surface area contributed by atoms with E-state index in [0.717, 1.165) is 37.2 Å².